The predicted molar refractivity (Wildman–Crippen MR) is 68.5 cm³/mol. The number of rotatable bonds is 6. The molecule has 19 heavy (non-hydrogen) atoms. The highest BCUT2D eigenvalue weighted by atomic mass is 16.5. The molecule has 0 bridgehead atoms. The number of hydrogen-bond acceptors (Lipinski definition) is 4. The molecular formula is C13H17NO5. The van der Waals surface area contributed by atoms with Gasteiger partial charge in [0.15, 0.2) is 11.5 Å². The molecule has 0 fully saturated rings. The molecule has 0 aliphatic heterocycles. The number of carboxylic acids is 1. The maximum Gasteiger partial charge on any atom is 0.326 e. The number of ether oxygens (including phenoxy) is 2. The first-order valence-corrected chi connectivity index (χ1v) is 5.46. The molecule has 1 amide bonds. The normalized spacial score (nSPS) is 13.8. The number of carbonyl (C=O) groups is 2. The zero-order valence-electron chi connectivity index (χ0n) is 12.9. The van der Waals surface area contributed by atoms with Gasteiger partial charge in [-0.15, -0.1) is 0 Å². The molecule has 1 aromatic carbocycles. The Kier molecular flexibility index (Phi) is 4.13. The summed E-state index contributed by atoms with van der Waals surface area (Å²) in [6.45, 7) is 1.13. The summed E-state index contributed by atoms with van der Waals surface area (Å²) >= 11 is 0. The van der Waals surface area contributed by atoms with Crippen molar-refractivity contribution >= 4 is 11.9 Å². The van der Waals surface area contributed by atoms with Crippen LogP contribution in [-0.4, -0.2) is 37.2 Å². The molecule has 0 aliphatic rings. The number of benzene rings is 1. The minimum atomic E-state index is -2.32. The van der Waals surface area contributed by atoms with E-state index in [0.717, 1.165) is 6.92 Å². The SMILES string of the molecule is [2H]C([2H])(c1ccc(OC)c(OC)c1)[C@H](NC(C)=O)C(=O)O. The maximum absolute atomic E-state index is 11.2. The van der Waals surface area contributed by atoms with Gasteiger partial charge in [0, 0.05) is 16.0 Å². The zero-order chi connectivity index (χ0) is 16.2. The molecule has 6 heteroatoms. The van der Waals surface area contributed by atoms with E-state index in [1.54, 1.807) is 0 Å². The van der Waals surface area contributed by atoms with Gasteiger partial charge in [0.05, 0.1) is 14.2 Å². The van der Waals surface area contributed by atoms with Crippen LogP contribution in [0.4, 0.5) is 0 Å². The lowest BCUT2D eigenvalue weighted by Crippen LogP contribution is -2.41. The van der Waals surface area contributed by atoms with Crippen molar-refractivity contribution in [1.29, 1.82) is 0 Å². The van der Waals surface area contributed by atoms with Gasteiger partial charge >= 0.3 is 5.97 Å². The van der Waals surface area contributed by atoms with E-state index < -0.39 is 24.3 Å². The van der Waals surface area contributed by atoms with Crippen molar-refractivity contribution in [2.24, 2.45) is 0 Å². The van der Waals surface area contributed by atoms with Gasteiger partial charge in [-0.25, -0.2) is 4.79 Å². The molecule has 0 aliphatic carbocycles. The largest absolute Gasteiger partial charge is 0.493 e. The first kappa shape index (κ1) is 11.8. The zero-order valence-corrected chi connectivity index (χ0v) is 10.9. The van der Waals surface area contributed by atoms with Gasteiger partial charge in [-0.05, 0) is 17.7 Å². The van der Waals surface area contributed by atoms with E-state index in [4.69, 9.17) is 17.3 Å². The number of methoxy groups -OCH3 is 2. The highest BCUT2D eigenvalue weighted by Crippen LogP contribution is 2.27. The Bertz CT molecular complexity index is 547. The summed E-state index contributed by atoms with van der Waals surface area (Å²) in [6.07, 6.45) is -2.32. The second kappa shape index (κ2) is 6.63. The summed E-state index contributed by atoms with van der Waals surface area (Å²) in [5, 5.41) is 11.2. The van der Waals surface area contributed by atoms with Crippen LogP contribution in [0.2, 0.25) is 0 Å². The lowest BCUT2D eigenvalue weighted by molar-refractivity contribution is -0.141. The number of amides is 1. The van der Waals surface area contributed by atoms with E-state index in [0.29, 0.717) is 5.75 Å². The molecule has 0 heterocycles. The quantitative estimate of drug-likeness (QED) is 0.799. The highest BCUT2D eigenvalue weighted by Gasteiger charge is 2.19. The van der Waals surface area contributed by atoms with Crippen molar-refractivity contribution in [3.05, 3.63) is 23.8 Å². The van der Waals surface area contributed by atoms with E-state index in [-0.39, 0.29) is 11.3 Å². The Morgan fingerprint density at radius 2 is 2.00 bits per heavy atom. The number of carboxylic acid groups (broad SMARTS) is 1. The Labute approximate surface area is 114 Å². The Hall–Kier alpha value is -2.24. The molecule has 0 aromatic heterocycles. The van der Waals surface area contributed by atoms with Gasteiger partial charge in [0.25, 0.3) is 0 Å². The van der Waals surface area contributed by atoms with Crippen LogP contribution in [-0.2, 0) is 16.0 Å². The molecule has 104 valence electrons. The van der Waals surface area contributed by atoms with Crippen LogP contribution in [0.15, 0.2) is 18.2 Å². The first-order chi connectivity index (χ1) is 9.73. The summed E-state index contributed by atoms with van der Waals surface area (Å²) < 4.78 is 26.2. The third-order valence-corrected chi connectivity index (χ3v) is 2.29. The maximum atomic E-state index is 11.2. The summed E-state index contributed by atoms with van der Waals surface area (Å²) in [5.74, 6) is -1.44. The number of aliphatic carboxylic acids is 1. The van der Waals surface area contributed by atoms with Crippen LogP contribution >= 0.6 is 0 Å². The van der Waals surface area contributed by atoms with Crippen LogP contribution < -0.4 is 14.8 Å². The smallest absolute Gasteiger partial charge is 0.326 e. The van der Waals surface area contributed by atoms with Crippen molar-refractivity contribution in [1.82, 2.24) is 5.32 Å². The standard InChI is InChI=1S/C13H17NO5/c1-8(15)14-10(13(16)17)6-9-4-5-11(18-2)12(7-9)19-3/h4-5,7,10H,6H2,1-3H3,(H,14,15)(H,16,17)/t10-/m0/s1/i6D2. The van der Waals surface area contributed by atoms with Crippen LogP contribution in [0.25, 0.3) is 0 Å². The van der Waals surface area contributed by atoms with Crippen LogP contribution in [0.3, 0.4) is 0 Å². The molecule has 0 unspecified atom stereocenters. The topological polar surface area (TPSA) is 84.9 Å². The minimum Gasteiger partial charge on any atom is -0.493 e. The Morgan fingerprint density at radius 1 is 1.37 bits per heavy atom. The number of carbonyl (C=O) groups excluding carboxylic acids is 1. The first-order valence-electron chi connectivity index (χ1n) is 6.46. The van der Waals surface area contributed by atoms with Crippen molar-refractivity contribution in [2.75, 3.05) is 14.2 Å². The molecule has 1 rings (SSSR count). The fourth-order valence-electron chi connectivity index (χ4n) is 1.46. The summed E-state index contributed by atoms with van der Waals surface area (Å²) in [6, 6.07) is 2.49. The Morgan fingerprint density at radius 3 is 2.47 bits per heavy atom. The van der Waals surface area contributed by atoms with E-state index in [1.165, 1.54) is 32.4 Å². The third-order valence-electron chi connectivity index (χ3n) is 2.29. The monoisotopic (exact) mass is 269 g/mol. The molecule has 0 spiro atoms. The van der Waals surface area contributed by atoms with Crippen molar-refractivity contribution in [3.8, 4) is 11.5 Å². The van der Waals surface area contributed by atoms with Crippen LogP contribution in [0, 0.1) is 0 Å². The number of hydrogen-bond donors (Lipinski definition) is 2. The van der Waals surface area contributed by atoms with E-state index in [9.17, 15) is 9.59 Å². The van der Waals surface area contributed by atoms with Crippen LogP contribution in [0.5, 0.6) is 11.5 Å². The molecule has 1 aromatic rings. The molecule has 0 saturated carbocycles. The average molecular weight is 269 g/mol. The highest BCUT2D eigenvalue weighted by molar-refractivity contribution is 5.82. The van der Waals surface area contributed by atoms with Crippen LogP contribution in [0.1, 0.15) is 15.2 Å². The minimum absolute atomic E-state index is 0.0568. The summed E-state index contributed by atoms with van der Waals surface area (Å²) in [4.78, 5) is 22.3. The molecule has 0 saturated heterocycles. The van der Waals surface area contributed by atoms with E-state index in [2.05, 4.69) is 5.32 Å². The molecular weight excluding hydrogens is 250 g/mol. The number of nitrogens with one attached hydrogen (secondary N) is 1. The molecule has 1 atom stereocenters. The third kappa shape index (κ3) is 4.17. The molecule has 2 N–H and O–H groups in total. The molecule has 0 radical (unpaired) electrons. The van der Waals surface area contributed by atoms with E-state index >= 15 is 0 Å². The van der Waals surface area contributed by atoms with Crippen molar-refractivity contribution in [2.45, 2.75) is 19.3 Å². The lowest BCUT2D eigenvalue weighted by Gasteiger charge is -2.14. The van der Waals surface area contributed by atoms with Gasteiger partial charge in [0.2, 0.25) is 5.91 Å². The predicted octanol–water partition coefficient (Wildman–Crippen LogP) is 0.836. The van der Waals surface area contributed by atoms with Gasteiger partial charge in [-0.3, -0.25) is 4.79 Å². The summed E-state index contributed by atoms with van der Waals surface area (Å²) in [5.41, 5.74) is 0.0568. The van der Waals surface area contributed by atoms with Gasteiger partial charge in [0.1, 0.15) is 6.04 Å². The van der Waals surface area contributed by atoms with Gasteiger partial charge in [-0.1, -0.05) is 6.07 Å². The molecule has 6 nitrogen and oxygen atoms in total. The van der Waals surface area contributed by atoms with Gasteiger partial charge < -0.3 is 19.9 Å². The van der Waals surface area contributed by atoms with Crippen molar-refractivity contribution < 1.29 is 26.9 Å². The summed E-state index contributed by atoms with van der Waals surface area (Å²) in [7, 11) is 2.82. The fourth-order valence-corrected chi connectivity index (χ4v) is 1.46. The van der Waals surface area contributed by atoms with E-state index in [1.807, 2.05) is 0 Å². The lowest BCUT2D eigenvalue weighted by atomic mass is 10.1. The average Bonchev–Trinajstić information content (AvgIpc) is 2.43. The second-order valence-corrected chi connectivity index (χ2v) is 3.69. The Balaban J connectivity index is 3.26. The fraction of sp³-hybridized carbons (Fsp3) is 0.385. The van der Waals surface area contributed by atoms with Crippen molar-refractivity contribution in [3.63, 3.8) is 0 Å². The second-order valence-electron chi connectivity index (χ2n) is 3.69. The van der Waals surface area contributed by atoms with Gasteiger partial charge in [-0.2, -0.15) is 0 Å².